The second-order valence-electron chi connectivity index (χ2n) is 4.58. The highest BCUT2D eigenvalue weighted by atomic mass is 32.2. The molecule has 0 aliphatic carbocycles. The average molecular weight is 330 g/mol. The molecule has 21 heavy (non-hydrogen) atoms. The van der Waals surface area contributed by atoms with Gasteiger partial charge in [-0.05, 0) is 38.1 Å². The Morgan fingerprint density at radius 2 is 1.86 bits per heavy atom. The van der Waals surface area contributed by atoms with Crippen LogP contribution in [0.1, 0.15) is 20.1 Å². The van der Waals surface area contributed by atoms with Crippen molar-refractivity contribution in [2.75, 3.05) is 5.75 Å². The molecule has 0 N–H and O–H groups in total. The van der Waals surface area contributed by atoms with Gasteiger partial charge in [0.15, 0.2) is 15.6 Å². The van der Waals surface area contributed by atoms with E-state index in [1.807, 2.05) is 0 Å². The van der Waals surface area contributed by atoms with Crippen molar-refractivity contribution in [1.82, 2.24) is 0 Å². The van der Waals surface area contributed by atoms with Crippen LogP contribution in [0.15, 0.2) is 29.2 Å². The number of carbonyl (C=O) groups excluding carboxylic acids is 1. The maximum absolute atomic E-state index is 13.5. The minimum Gasteiger partial charge on any atom is -0.293 e. The third-order valence-corrected chi connectivity index (χ3v) is 5.48. The topological polar surface area (TPSA) is 51.2 Å². The molecule has 0 radical (unpaired) electrons. The van der Waals surface area contributed by atoms with E-state index in [0.29, 0.717) is 16.5 Å². The van der Waals surface area contributed by atoms with E-state index in [0.717, 1.165) is 17.0 Å². The van der Waals surface area contributed by atoms with E-state index in [1.54, 1.807) is 19.9 Å². The highest BCUT2D eigenvalue weighted by Crippen LogP contribution is 2.23. The number of aryl methyl sites for hydroxylation is 2. The van der Waals surface area contributed by atoms with Crippen LogP contribution in [0.2, 0.25) is 0 Å². The monoisotopic (exact) mass is 330 g/mol. The van der Waals surface area contributed by atoms with Crippen LogP contribution in [0.4, 0.5) is 8.78 Å². The SMILES string of the molecule is Cc1cc(C(=O)CS(=O)(=O)c2cc(F)ccc2F)c(C)s1. The Morgan fingerprint density at radius 3 is 2.43 bits per heavy atom. The quantitative estimate of drug-likeness (QED) is 0.808. The van der Waals surface area contributed by atoms with E-state index >= 15 is 0 Å². The molecule has 0 spiro atoms. The van der Waals surface area contributed by atoms with Crippen molar-refractivity contribution in [3.63, 3.8) is 0 Å². The molecule has 0 unspecified atom stereocenters. The zero-order chi connectivity index (χ0) is 15.8. The third-order valence-electron chi connectivity index (χ3n) is 2.89. The molecule has 1 aromatic carbocycles. The molecule has 0 saturated heterocycles. The van der Waals surface area contributed by atoms with Crippen LogP contribution in [-0.2, 0) is 9.84 Å². The highest BCUT2D eigenvalue weighted by molar-refractivity contribution is 7.92. The van der Waals surface area contributed by atoms with Crippen LogP contribution in [0.25, 0.3) is 0 Å². The second-order valence-corrected chi connectivity index (χ2v) is 8.00. The minimum absolute atomic E-state index is 0.304. The Labute approximate surface area is 125 Å². The van der Waals surface area contributed by atoms with Gasteiger partial charge in [0.05, 0.1) is 0 Å². The number of thiophene rings is 1. The maximum Gasteiger partial charge on any atom is 0.188 e. The Kier molecular flexibility index (Phi) is 4.25. The number of sulfone groups is 1. The van der Waals surface area contributed by atoms with Crippen molar-refractivity contribution in [1.29, 1.82) is 0 Å². The molecular formula is C14H12F2O3S2. The lowest BCUT2D eigenvalue weighted by Crippen LogP contribution is -2.18. The zero-order valence-corrected chi connectivity index (χ0v) is 12.9. The summed E-state index contributed by atoms with van der Waals surface area (Å²) in [5, 5.41) is 0. The number of carbonyl (C=O) groups is 1. The molecule has 1 aromatic heterocycles. The third kappa shape index (κ3) is 3.36. The molecule has 0 atom stereocenters. The Hall–Kier alpha value is -1.60. The summed E-state index contributed by atoms with van der Waals surface area (Å²) in [6, 6.07) is 3.73. The normalized spacial score (nSPS) is 11.6. The van der Waals surface area contributed by atoms with E-state index in [2.05, 4.69) is 0 Å². The van der Waals surface area contributed by atoms with Gasteiger partial charge in [-0.3, -0.25) is 4.79 Å². The first-order valence-corrected chi connectivity index (χ1v) is 8.45. The Bertz CT molecular complexity index is 808. The lowest BCUT2D eigenvalue weighted by atomic mass is 10.2. The molecule has 2 aromatic rings. The van der Waals surface area contributed by atoms with Crippen LogP contribution in [0.3, 0.4) is 0 Å². The summed E-state index contributed by atoms with van der Waals surface area (Å²) >= 11 is 1.38. The second kappa shape index (κ2) is 5.65. The fourth-order valence-corrected chi connectivity index (χ4v) is 4.21. The predicted octanol–water partition coefficient (Wildman–Crippen LogP) is 3.30. The zero-order valence-electron chi connectivity index (χ0n) is 11.3. The summed E-state index contributed by atoms with van der Waals surface area (Å²) in [5.74, 6) is -3.45. The first-order valence-electron chi connectivity index (χ1n) is 5.99. The smallest absolute Gasteiger partial charge is 0.188 e. The molecule has 0 aliphatic heterocycles. The summed E-state index contributed by atoms with van der Waals surface area (Å²) in [7, 11) is -4.23. The molecule has 0 saturated carbocycles. The van der Waals surface area contributed by atoms with Crippen molar-refractivity contribution in [3.8, 4) is 0 Å². The number of rotatable bonds is 4. The van der Waals surface area contributed by atoms with Gasteiger partial charge < -0.3 is 0 Å². The lowest BCUT2D eigenvalue weighted by Gasteiger charge is -2.05. The van der Waals surface area contributed by atoms with E-state index in [4.69, 9.17) is 0 Å². The number of hydrogen-bond acceptors (Lipinski definition) is 4. The summed E-state index contributed by atoms with van der Waals surface area (Å²) in [6.07, 6.45) is 0. The molecule has 7 heteroatoms. The van der Waals surface area contributed by atoms with Gasteiger partial charge in [0.2, 0.25) is 0 Å². The minimum atomic E-state index is -4.23. The van der Waals surface area contributed by atoms with Gasteiger partial charge in [0.25, 0.3) is 0 Å². The molecule has 112 valence electrons. The molecule has 1 heterocycles. The number of Topliss-reactive ketones (excluding diaryl/α,β-unsaturated/α-hetero) is 1. The van der Waals surface area contributed by atoms with Crippen molar-refractivity contribution < 1.29 is 22.0 Å². The summed E-state index contributed by atoms with van der Waals surface area (Å²) in [5.41, 5.74) is 0.304. The molecule has 0 bridgehead atoms. The maximum atomic E-state index is 13.5. The lowest BCUT2D eigenvalue weighted by molar-refractivity contribution is 0.102. The number of ketones is 1. The number of hydrogen-bond donors (Lipinski definition) is 0. The Morgan fingerprint density at radius 1 is 1.19 bits per heavy atom. The van der Waals surface area contributed by atoms with E-state index in [-0.39, 0.29) is 0 Å². The molecule has 0 fully saturated rings. The predicted molar refractivity (Wildman–Crippen MR) is 76.5 cm³/mol. The van der Waals surface area contributed by atoms with Crippen LogP contribution < -0.4 is 0 Å². The van der Waals surface area contributed by atoms with Crippen molar-refractivity contribution >= 4 is 27.0 Å². The van der Waals surface area contributed by atoms with E-state index < -0.39 is 37.9 Å². The molecule has 0 amide bonds. The molecule has 0 aliphatic rings. The summed E-state index contributed by atoms with van der Waals surface area (Å²) < 4.78 is 50.8. The van der Waals surface area contributed by atoms with Gasteiger partial charge in [-0.25, -0.2) is 17.2 Å². The van der Waals surface area contributed by atoms with Crippen LogP contribution in [0.5, 0.6) is 0 Å². The van der Waals surface area contributed by atoms with Gasteiger partial charge in [0, 0.05) is 15.3 Å². The standard InChI is InChI=1S/C14H12F2O3S2/c1-8-5-11(9(2)20-8)13(17)7-21(18,19)14-6-10(15)3-4-12(14)16/h3-6H,7H2,1-2H3. The van der Waals surface area contributed by atoms with Gasteiger partial charge >= 0.3 is 0 Å². The van der Waals surface area contributed by atoms with Gasteiger partial charge in [-0.2, -0.15) is 0 Å². The van der Waals surface area contributed by atoms with Gasteiger partial charge in [-0.15, -0.1) is 11.3 Å². The summed E-state index contributed by atoms with van der Waals surface area (Å²) in [6.45, 7) is 3.51. The van der Waals surface area contributed by atoms with Crippen LogP contribution in [0, 0.1) is 25.5 Å². The number of benzene rings is 1. The first-order chi connectivity index (χ1) is 9.70. The van der Waals surface area contributed by atoms with Gasteiger partial charge in [-0.1, -0.05) is 0 Å². The van der Waals surface area contributed by atoms with E-state index in [9.17, 15) is 22.0 Å². The van der Waals surface area contributed by atoms with Crippen molar-refractivity contribution in [3.05, 3.63) is 51.2 Å². The fraction of sp³-hybridized carbons (Fsp3) is 0.214. The van der Waals surface area contributed by atoms with Gasteiger partial charge in [0.1, 0.15) is 22.3 Å². The Balaban J connectivity index is 2.35. The largest absolute Gasteiger partial charge is 0.293 e. The number of halogens is 2. The van der Waals surface area contributed by atoms with Crippen LogP contribution >= 0.6 is 11.3 Å². The fourth-order valence-electron chi connectivity index (χ4n) is 1.95. The summed E-state index contributed by atoms with van der Waals surface area (Å²) in [4.78, 5) is 12.9. The van der Waals surface area contributed by atoms with Crippen LogP contribution in [-0.4, -0.2) is 20.0 Å². The molecule has 3 nitrogen and oxygen atoms in total. The first kappa shape index (κ1) is 15.8. The van der Waals surface area contributed by atoms with Crippen molar-refractivity contribution in [2.45, 2.75) is 18.7 Å². The average Bonchev–Trinajstić information content (AvgIpc) is 2.71. The molecular weight excluding hydrogens is 318 g/mol. The van der Waals surface area contributed by atoms with Crippen molar-refractivity contribution in [2.24, 2.45) is 0 Å². The van der Waals surface area contributed by atoms with E-state index in [1.165, 1.54) is 11.3 Å². The highest BCUT2D eigenvalue weighted by Gasteiger charge is 2.25. The molecule has 2 rings (SSSR count).